The van der Waals surface area contributed by atoms with Crippen molar-refractivity contribution in [3.05, 3.63) is 39.9 Å². The van der Waals surface area contributed by atoms with Crippen molar-refractivity contribution in [2.24, 2.45) is 0 Å². The van der Waals surface area contributed by atoms with Gasteiger partial charge in [0.05, 0.1) is 11.5 Å². The van der Waals surface area contributed by atoms with E-state index in [0.29, 0.717) is 26.1 Å². The third-order valence-electron chi connectivity index (χ3n) is 2.25. The van der Waals surface area contributed by atoms with Crippen LogP contribution in [0.3, 0.4) is 0 Å². The molecular formula is C12H16N2O4. The first kappa shape index (κ1) is 14.1. The van der Waals surface area contributed by atoms with Gasteiger partial charge >= 0.3 is 5.97 Å². The first-order valence-corrected chi connectivity index (χ1v) is 5.67. The quantitative estimate of drug-likeness (QED) is 0.345. The van der Waals surface area contributed by atoms with Gasteiger partial charge in [0.25, 0.3) is 5.69 Å². The Morgan fingerprint density at radius 3 is 2.94 bits per heavy atom. The van der Waals surface area contributed by atoms with Gasteiger partial charge in [0.15, 0.2) is 0 Å². The van der Waals surface area contributed by atoms with Crippen LogP contribution in [-0.2, 0) is 16.1 Å². The fourth-order valence-electron chi connectivity index (χ4n) is 1.43. The van der Waals surface area contributed by atoms with Crippen molar-refractivity contribution in [2.75, 3.05) is 13.2 Å². The number of nitro groups is 1. The van der Waals surface area contributed by atoms with Crippen molar-refractivity contribution in [1.82, 2.24) is 5.32 Å². The maximum Gasteiger partial charge on any atom is 0.302 e. The van der Waals surface area contributed by atoms with Crippen LogP contribution in [0.25, 0.3) is 0 Å². The average molecular weight is 252 g/mol. The van der Waals surface area contributed by atoms with E-state index in [-0.39, 0.29) is 11.7 Å². The molecule has 0 bridgehead atoms. The number of benzene rings is 1. The van der Waals surface area contributed by atoms with Gasteiger partial charge in [-0.15, -0.1) is 0 Å². The number of ether oxygens (including phenoxy) is 1. The van der Waals surface area contributed by atoms with Gasteiger partial charge in [-0.3, -0.25) is 14.9 Å². The highest BCUT2D eigenvalue weighted by Gasteiger charge is 2.04. The van der Waals surface area contributed by atoms with Gasteiger partial charge in [-0.25, -0.2) is 0 Å². The zero-order chi connectivity index (χ0) is 13.4. The molecule has 0 saturated carbocycles. The zero-order valence-electron chi connectivity index (χ0n) is 10.2. The normalized spacial score (nSPS) is 10.1. The standard InChI is InChI=1S/C12H16N2O4/c1-10(15)18-7-3-6-13-9-11-4-2-5-12(8-11)14(16)17/h2,4-5,8,13H,3,6-7,9H2,1H3. The predicted molar refractivity (Wildman–Crippen MR) is 66.1 cm³/mol. The molecule has 1 aromatic rings. The Balaban J connectivity index is 2.25. The Kier molecular flexibility index (Phi) is 5.79. The predicted octanol–water partition coefficient (Wildman–Crippen LogP) is 1.64. The summed E-state index contributed by atoms with van der Waals surface area (Å²) in [6.45, 7) is 3.01. The molecule has 0 spiro atoms. The summed E-state index contributed by atoms with van der Waals surface area (Å²) in [5, 5.41) is 13.7. The molecule has 1 aromatic carbocycles. The van der Waals surface area contributed by atoms with Gasteiger partial charge in [0, 0.05) is 25.6 Å². The Bertz CT molecular complexity index is 420. The first-order chi connectivity index (χ1) is 8.59. The van der Waals surface area contributed by atoms with E-state index < -0.39 is 4.92 Å². The molecule has 0 atom stereocenters. The van der Waals surface area contributed by atoms with E-state index in [1.54, 1.807) is 12.1 Å². The van der Waals surface area contributed by atoms with Crippen LogP contribution in [0, 0.1) is 10.1 Å². The highest BCUT2D eigenvalue weighted by molar-refractivity contribution is 5.65. The van der Waals surface area contributed by atoms with Crippen LogP contribution in [-0.4, -0.2) is 24.0 Å². The van der Waals surface area contributed by atoms with E-state index in [0.717, 1.165) is 5.56 Å². The molecule has 0 aliphatic heterocycles. The molecule has 6 heteroatoms. The Morgan fingerprint density at radius 1 is 1.50 bits per heavy atom. The number of hydrogen-bond donors (Lipinski definition) is 1. The molecular weight excluding hydrogens is 236 g/mol. The Hall–Kier alpha value is -1.95. The minimum Gasteiger partial charge on any atom is -0.466 e. The summed E-state index contributed by atoms with van der Waals surface area (Å²) < 4.78 is 4.78. The summed E-state index contributed by atoms with van der Waals surface area (Å²) >= 11 is 0. The van der Waals surface area contributed by atoms with Crippen LogP contribution >= 0.6 is 0 Å². The number of esters is 1. The van der Waals surface area contributed by atoms with E-state index >= 15 is 0 Å². The molecule has 0 unspecified atom stereocenters. The van der Waals surface area contributed by atoms with Gasteiger partial charge in [-0.2, -0.15) is 0 Å². The number of hydrogen-bond acceptors (Lipinski definition) is 5. The number of non-ortho nitro benzene ring substituents is 1. The van der Waals surface area contributed by atoms with Gasteiger partial charge < -0.3 is 10.1 Å². The summed E-state index contributed by atoms with van der Waals surface area (Å²) in [6.07, 6.45) is 0.717. The zero-order valence-corrected chi connectivity index (χ0v) is 10.2. The minimum absolute atomic E-state index is 0.0919. The molecule has 0 heterocycles. The third kappa shape index (κ3) is 5.40. The first-order valence-electron chi connectivity index (χ1n) is 5.67. The maximum absolute atomic E-state index is 10.6. The van der Waals surface area contributed by atoms with Crippen molar-refractivity contribution in [1.29, 1.82) is 0 Å². The van der Waals surface area contributed by atoms with E-state index in [1.165, 1.54) is 13.0 Å². The molecule has 0 aliphatic rings. The van der Waals surface area contributed by atoms with Gasteiger partial charge in [-0.1, -0.05) is 12.1 Å². The van der Waals surface area contributed by atoms with Crippen LogP contribution in [0.15, 0.2) is 24.3 Å². The second kappa shape index (κ2) is 7.39. The third-order valence-corrected chi connectivity index (χ3v) is 2.25. The lowest BCUT2D eigenvalue weighted by Gasteiger charge is -2.05. The second-order valence-electron chi connectivity index (χ2n) is 3.80. The van der Waals surface area contributed by atoms with E-state index in [9.17, 15) is 14.9 Å². The maximum atomic E-state index is 10.6. The Morgan fingerprint density at radius 2 is 2.28 bits per heavy atom. The summed E-state index contributed by atoms with van der Waals surface area (Å²) in [5.41, 5.74) is 0.950. The highest BCUT2D eigenvalue weighted by Crippen LogP contribution is 2.12. The number of nitrogens with zero attached hydrogens (tertiary/aromatic N) is 1. The summed E-state index contributed by atoms with van der Waals surface area (Å²) in [6, 6.07) is 6.49. The molecule has 0 saturated heterocycles. The molecule has 0 aromatic heterocycles. The lowest BCUT2D eigenvalue weighted by atomic mass is 10.2. The fourth-order valence-corrected chi connectivity index (χ4v) is 1.43. The topological polar surface area (TPSA) is 81.5 Å². The smallest absolute Gasteiger partial charge is 0.302 e. The van der Waals surface area contributed by atoms with Gasteiger partial charge in [-0.05, 0) is 18.5 Å². The molecule has 0 fully saturated rings. The van der Waals surface area contributed by atoms with E-state index in [2.05, 4.69) is 5.32 Å². The van der Waals surface area contributed by atoms with Crippen LogP contribution in [0.5, 0.6) is 0 Å². The van der Waals surface area contributed by atoms with Crippen LogP contribution < -0.4 is 5.32 Å². The molecule has 18 heavy (non-hydrogen) atoms. The van der Waals surface area contributed by atoms with Crippen LogP contribution in [0.4, 0.5) is 5.69 Å². The summed E-state index contributed by atoms with van der Waals surface area (Å²) in [5.74, 6) is -0.284. The fraction of sp³-hybridized carbons (Fsp3) is 0.417. The molecule has 0 radical (unpaired) electrons. The minimum atomic E-state index is -0.413. The van der Waals surface area contributed by atoms with Crippen molar-refractivity contribution in [3.63, 3.8) is 0 Å². The van der Waals surface area contributed by atoms with Crippen LogP contribution in [0.2, 0.25) is 0 Å². The molecule has 98 valence electrons. The summed E-state index contributed by atoms with van der Waals surface area (Å²) in [7, 11) is 0. The molecule has 0 amide bonds. The highest BCUT2D eigenvalue weighted by atomic mass is 16.6. The van der Waals surface area contributed by atoms with Gasteiger partial charge in [0.1, 0.15) is 0 Å². The van der Waals surface area contributed by atoms with Crippen molar-refractivity contribution < 1.29 is 14.5 Å². The average Bonchev–Trinajstić information content (AvgIpc) is 2.33. The number of rotatable bonds is 7. The lowest BCUT2D eigenvalue weighted by molar-refractivity contribution is -0.384. The van der Waals surface area contributed by atoms with Crippen molar-refractivity contribution >= 4 is 11.7 Å². The lowest BCUT2D eigenvalue weighted by Crippen LogP contribution is -2.17. The number of nitrogens with one attached hydrogen (secondary N) is 1. The largest absolute Gasteiger partial charge is 0.466 e. The van der Waals surface area contributed by atoms with Crippen molar-refractivity contribution in [3.8, 4) is 0 Å². The van der Waals surface area contributed by atoms with E-state index in [1.807, 2.05) is 6.07 Å². The summed E-state index contributed by atoms with van der Waals surface area (Å²) in [4.78, 5) is 20.6. The molecule has 6 nitrogen and oxygen atoms in total. The second-order valence-corrected chi connectivity index (χ2v) is 3.80. The number of carbonyl (C=O) groups excluding carboxylic acids is 1. The molecule has 0 aliphatic carbocycles. The Labute approximate surface area is 105 Å². The van der Waals surface area contributed by atoms with Crippen molar-refractivity contribution in [2.45, 2.75) is 19.9 Å². The molecule has 1 N–H and O–H groups in total. The molecule has 1 rings (SSSR count). The monoisotopic (exact) mass is 252 g/mol. The van der Waals surface area contributed by atoms with Gasteiger partial charge in [0.2, 0.25) is 0 Å². The number of nitro benzene ring substituents is 1. The SMILES string of the molecule is CC(=O)OCCCNCc1cccc([N+](=O)[O-])c1. The van der Waals surface area contributed by atoms with Crippen LogP contribution in [0.1, 0.15) is 18.9 Å². The number of carbonyl (C=O) groups is 1. The van der Waals surface area contributed by atoms with E-state index in [4.69, 9.17) is 4.74 Å².